The molecule has 1 saturated heterocycles. The topological polar surface area (TPSA) is 44.4 Å². The minimum absolute atomic E-state index is 0.0997. The standard InChI is InChI=1S/C24H27F3N4O/c1-30-13-15-31(16-14-30)12-5-17-32-20-10-8-19(9-11-20)23-28-21(18-6-3-2-4-7-18)22(29-23)24(25,26)27/h2-4,6-11H,5,12-17H2,1H3,(H,28,29). The molecule has 2 aromatic carbocycles. The number of halogens is 3. The lowest BCUT2D eigenvalue weighted by Crippen LogP contribution is -2.44. The van der Waals surface area contributed by atoms with Gasteiger partial charge in [-0.1, -0.05) is 30.3 Å². The van der Waals surface area contributed by atoms with Crippen LogP contribution in [0.2, 0.25) is 0 Å². The minimum atomic E-state index is -4.52. The lowest BCUT2D eigenvalue weighted by atomic mass is 10.1. The maximum atomic E-state index is 13.6. The van der Waals surface area contributed by atoms with Crippen LogP contribution in [0.3, 0.4) is 0 Å². The molecule has 170 valence electrons. The molecule has 5 nitrogen and oxygen atoms in total. The smallest absolute Gasteiger partial charge is 0.433 e. The van der Waals surface area contributed by atoms with E-state index >= 15 is 0 Å². The number of alkyl halides is 3. The van der Waals surface area contributed by atoms with E-state index in [9.17, 15) is 13.2 Å². The molecule has 32 heavy (non-hydrogen) atoms. The second-order valence-corrected chi connectivity index (χ2v) is 8.04. The third kappa shape index (κ3) is 5.49. The molecule has 1 N–H and O–H groups in total. The Morgan fingerprint density at radius 1 is 0.938 bits per heavy atom. The van der Waals surface area contributed by atoms with E-state index in [-0.39, 0.29) is 11.5 Å². The average Bonchev–Trinajstić information content (AvgIpc) is 3.25. The Bertz CT molecular complexity index is 994. The van der Waals surface area contributed by atoms with Gasteiger partial charge >= 0.3 is 6.18 Å². The summed E-state index contributed by atoms with van der Waals surface area (Å²) in [7, 11) is 2.14. The van der Waals surface area contributed by atoms with Gasteiger partial charge in [-0.25, -0.2) is 4.98 Å². The van der Waals surface area contributed by atoms with Crippen LogP contribution in [0.15, 0.2) is 54.6 Å². The van der Waals surface area contributed by atoms with E-state index in [1.165, 1.54) is 0 Å². The van der Waals surface area contributed by atoms with Crippen molar-refractivity contribution in [1.29, 1.82) is 0 Å². The van der Waals surface area contributed by atoms with Gasteiger partial charge in [-0.3, -0.25) is 0 Å². The molecule has 0 radical (unpaired) electrons. The number of benzene rings is 2. The van der Waals surface area contributed by atoms with Gasteiger partial charge in [-0.05, 0) is 37.7 Å². The first-order valence-electron chi connectivity index (χ1n) is 10.8. The van der Waals surface area contributed by atoms with Crippen molar-refractivity contribution in [3.63, 3.8) is 0 Å². The summed E-state index contributed by atoms with van der Waals surface area (Å²) in [6, 6.07) is 15.4. The second-order valence-electron chi connectivity index (χ2n) is 8.04. The molecule has 0 atom stereocenters. The maximum absolute atomic E-state index is 13.6. The van der Waals surface area contributed by atoms with E-state index in [2.05, 4.69) is 26.8 Å². The molecule has 1 aliphatic rings. The quantitative estimate of drug-likeness (QED) is 0.533. The number of imidazole rings is 1. The minimum Gasteiger partial charge on any atom is -0.494 e. The van der Waals surface area contributed by atoms with Crippen molar-refractivity contribution in [3.05, 3.63) is 60.3 Å². The molecule has 1 aromatic heterocycles. The number of aromatic nitrogens is 2. The zero-order chi connectivity index (χ0) is 22.6. The van der Waals surface area contributed by atoms with Crippen molar-refractivity contribution in [1.82, 2.24) is 19.8 Å². The number of ether oxygens (including phenoxy) is 1. The third-order valence-corrected chi connectivity index (χ3v) is 5.65. The number of aromatic amines is 1. The van der Waals surface area contributed by atoms with E-state index in [0.29, 0.717) is 23.5 Å². The Kier molecular flexibility index (Phi) is 6.81. The van der Waals surface area contributed by atoms with Crippen LogP contribution in [-0.4, -0.2) is 66.1 Å². The molecule has 0 unspecified atom stereocenters. The normalized spacial score (nSPS) is 15.8. The summed E-state index contributed by atoms with van der Waals surface area (Å²) in [5.41, 5.74) is 0.0466. The molecule has 0 bridgehead atoms. The molecule has 0 aliphatic carbocycles. The number of nitrogens with one attached hydrogen (secondary N) is 1. The monoisotopic (exact) mass is 444 g/mol. The summed E-state index contributed by atoms with van der Waals surface area (Å²) in [5.74, 6) is 0.871. The highest BCUT2D eigenvalue weighted by molar-refractivity contribution is 5.68. The Hall–Kier alpha value is -2.84. The van der Waals surface area contributed by atoms with Crippen LogP contribution in [0, 0.1) is 0 Å². The van der Waals surface area contributed by atoms with Crippen LogP contribution in [0.5, 0.6) is 5.75 Å². The van der Waals surface area contributed by atoms with Gasteiger partial charge in [0.1, 0.15) is 23.0 Å². The summed E-state index contributed by atoms with van der Waals surface area (Å²) in [5, 5.41) is 0. The van der Waals surface area contributed by atoms with Crippen molar-refractivity contribution >= 4 is 0 Å². The first-order valence-corrected chi connectivity index (χ1v) is 10.8. The molecule has 8 heteroatoms. The second kappa shape index (κ2) is 9.75. The number of nitrogens with zero attached hydrogens (tertiary/aromatic N) is 3. The fourth-order valence-corrected chi connectivity index (χ4v) is 3.78. The van der Waals surface area contributed by atoms with Crippen LogP contribution in [0.4, 0.5) is 13.2 Å². The lowest BCUT2D eigenvalue weighted by molar-refractivity contribution is -0.140. The van der Waals surface area contributed by atoms with Gasteiger partial charge < -0.3 is 19.5 Å². The molecule has 3 aromatic rings. The molecule has 0 spiro atoms. The van der Waals surface area contributed by atoms with Crippen LogP contribution in [0.25, 0.3) is 22.6 Å². The van der Waals surface area contributed by atoms with Crippen LogP contribution >= 0.6 is 0 Å². The molecule has 2 heterocycles. The van der Waals surface area contributed by atoms with Gasteiger partial charge in [-0.15, -0.1) is 0 Å². The molecule has 1 fully saturated rings. The van der Waals surface area contributed by atoms with E-state index in [1.807, 2.05) is 0 Å². The van der Waals surface area contributed by atoms with Gasteiger partial charge in [0.25, 0.3) is 0 Å². The highest BCUT2D eigenvalue weighted by atomic mass is 19.4. The lowest BCUT2D eigenvalue weighted by Gasteiger charge is -2.32. The van der Waals surface area contributed by atoms with Gasteiger partial charge in [0.05, 0.1) is 6.61 Å². The Morgan fingerprint density at radius 2 is 1.62 bits per heavy atom. The SMILES string of the molecule is CN1CCN(CCCOc2ccc(-c3nc(-c4ccccc4)c(C(F)(F)F)[nH]3)cc2)CC1. The highest BCUT2D eigenvalue weighted by Gasteiger charge is 2.37. The molecular weight excluding hydrogens is 417 g/mol. The number of likely N-dealkylation sites (N-methyl/N-ethyl adjacent to an activating group) is 1. The fraction of sp³-hybridized carbons (Fsp3) is 0.375. The summed E-state index contributed by atoms with van der Waals surface area (Å²) < 4.78 is 46.5. The molecule has 1 aliphatic heterocycles. The van der Waals surface area contributed by atoms with Gasteiger partial charge in [-0.2, -0.15) is 13.2 Å². The van der Waals surface area contributed by atoms with Crippen molar-refractivity contribution in [2.45, 2.75) is 12.6 Å². The third-order valence-electron chi connectivity index (χ3n) is 5.65. The molecule has 0 saturated carbocycles. The van der Waals surface area contributed by atoms with Crippen molar-refractivity contribution < 1.29 is 17.9 Å². The molecule has 0 amide bonds. The number of rotatable bonds is 7. The van der Waals surface area contributed by atoms with Gasteiger partial charge in [0.2, 0.25) is 0 Å². The van der Waals surface area contributed by atoms with Gasteiger partial charge in [0, 0.05) is 43.9 Å². The largest absolute Gasteiger partial charge is 0.494 e. The van der Waals surface area contributed by atoms with E-state index in [1.54, 1.807) is 54.6 Å². The van der Waals surface area contributed by atoms with Crippen LogP contribution in [-0.2, 0) is 6.18 Å². The summed E-state index contributed by atoms with van der Waals surface area (Å²) >= 11 is 0. The molecule has 4 rings (SSSR count). The van der Waals surface area contributed by atoms with E-state index in [4.69, 9.17) is 4.74 Å². The van der Waals surface area contributed by atoms with Gasteiger partial charge in [0.15, 0.2) is 0 Å². The van der Waals surface area contributed by atoms with E-state index in [0.717, 1.165) is 39.1 Å². The first kappa shape index (κ1) is 22.4. The van der Waals surface area contributed by atoms with Crippen LogP contribution < -0.4 is 4.74 Å². The number of H-pyrrole nitrogens is 1. The number of hydrogen-bond donors (Lipinski definition) is 1. The summed E-state index contributed by atoms with van der Waals surface area (Å²) in [6.45, 7) is 5.95. The zero-order valence-corrected chi connectivity index (χ0v) is 18.0. The van der Waals surface area contributed by atoms with Crippen molar-refractivity contribution in [2.75, 3.05) is 46.4 Å². The summed E-state index contributed by atoms with van der Waals surface area (Å²) in [4.78, 5) is 11.5. The molecular formula is C24H27F3N4O. The van der Waals surface area contributed by atoms with E-state index < -0.39 is 11.9 Å². The fourth-order valence-electron chi connectivity index (χ4n) is 3.78. The number of hydrogen-bond acceptors (Lipinski definition) is 4. The Morgan fingerprint density at radius 3 is 2.28 bits per heavy atom. The van der Waals surface area contributed by atoms with Crippen molar-refractivity contribution in [3.8, 4) is 28.4 Å². The Balaban J connectivity index is 1.39. The van der Waals surface area contributed by atoms with Crippen LogP contribution in [0.1, 0.15) is 12.1 Å². The first-order chi connectivity index (χ1) is 15.4. The predicted molar refractivity (Wildman–Crippen MR) is 119 cm³/mol. The maximum Gasteiger partial charge on any atom is 0.433 e. The predicted octanol–water partition coefficient (Wildman–Crippen LogP) is 4.78. The average molecular weight is 445 g/mol. The summed E-state index contributed by atoms with van der Waals surface area (Å²) in [6.07, 6.45) is -3.59. The van der Waals surface area contributed by atoms with Crippen molar-refractivity contribution in [2.24, 2.45) is 0 Å². The number of piperazine rings is 1. The zero-order valence-electron chi connectivity index (χ0n) is 18.0. The Labute approximate surface area is 185 Å². The highest BCUT2D eigenvalue weighted by Crippen LogP contribution is 2.37.